The van der Waals surface area contributed by atoms with Crippen molar-refractivity contribution in [2.24, 2.45) is 0 Å². The lowest BCUT2D eigenvalue weighted by Gasteiger charge is -2.13. The van der Waals surface area contributed by atoms with Crippen molar-refractivity contribution >= 4 is 50.8 Å². The first-order valence-corrected chi connectivity index (χ1v) is 8.32. The highest BCUT2D eigenvalue weighted by Gasteiger charge is 2.16. The molecule has 0 fully saturated rings. The van der Waals surface area contributed by atoms with E-state index < -0.39 is 5.97 Å². The van der Waals surface area contributed by atoms with Gasteiger partial charge in [-0.25, -0.2) is 9.78 Å². The number of ether oxygens (including phenoxy) is 1. The van der Waals surface area contributed by atoms with E-state index in [1.807, 2.05) is 36.4 Å². The summed E-state index contributed by atoms with van der Waals surface area (Å²) in [5.74, 6) is 0.188. The predicted octanol–water partition coefficient (Wildman–Crippen LogP) is 4.97. The molecular formula is C20H14ClN3O2. The van der Waals surface area contributed by atoms with Crippen LogP contribution in [0.2, 0.25) is 5.02 Å². The van der Waals surface area contributed by atoms with Gasteiger partial charge < -0.3 is 10.1 Å². The van der Waals surface area contributed by atoms with Gasteiger partial charge in [-0.05, 0) is 30.3 Å². The minimum absolute atomic E-state index is 0.407. The highest BCUT2D eigenvalue weighted by molar-refractivity contribution is 6.30. The van der Waals surface area contributed by atoms with Gasteiger partial charge in [0.2, 0.25) is 0 Å². The van der Waals surface area contributed by atoms with Crippen LogP contribution in [0.5, 0.6) is 0 Å². The second-order valence-electron chi connectivity index (χ2n) is 5.71. The molecule has 128 valence electrons. The minimum atomic E-state index is -0.431. The Balaban J connectivity index is 2.00. The second-order valence-corrected chi connectivity index (χ2v) is 6.15. The van der Waals surface area contributed by atoms with Gasteiger partial charge in [0.15, 0.2) is 0 Å². The number of anilines is 2. The quantitative estimate of drug-likeness (QED) is 0.411. The van der Waals surface area contributed by atoms with Crippen LogP contribution in [0, 0.1) is 0 Å². The molecule has 2 heterocycles. The summed E-state index contributed by atoms with van der Waals surface area (Å²) in [5, 5.41) is 6.55. The first-order chi connectivity index (χ1) is 12.7. The number of methoxy groups -OCH3 is 1. The van der Waals surface area contributed by atoms with E-state index >= 15 is 0 Å². The van der Waals surface area contributed by atoms with Gasteiger partial charge in [0.05, 0.1) is 18.2 Å². The zero-order valence-corrected chi connectivity index (χ0v) is 14.6. The summed E-state index contributed by atoms with van der Waals surface area (Å²) in [6.07, 6.45) is 3.48. The smallest absolute Gasteiger partial charge is 0.340 e. The number of aromatic nitrogens is 2. The molecule has 0 amide bonds. The number of para-hydroxylation sites is 1. The number of halogens is 1. The van der Waals surface area contributed by atoms with Crippen LogP contribution in [-0.4, -0.2) is 23.0 Å². The van der Waals surface area contributed by atoms with Crippen molar-refractivity contribution in [1.82, 2.24) is 9.97 Å². The van der Waals surface area contributed by atoms with Gasteiger partial charge in [0.25, 0.3) is 0 Å². The molecule has 5 nitrogen and oxygen atoms in total. The fourth-order valence-electron chi connectivity index (χ4n) is 2.94. The van der Waals surface area contributed by atoms with Crippen molar-refractivity contribution in [3.05, 3.63) is 71.5 Å². The molecule has 4 rings (SSSR count). The maximum Gasteiger partial charge on any atom is 0.340 e. The van der Waals surface area contributed by atoms with E-state index in [1.54, 1.807) is 24.5 Å². The molecule has 1 N–H and O–H groups in total. The molecule has 6 heteroatoms. The number of pyridine rings is 2. The Kier molecular flexibility index (Phi) is 4.14. The van der Waals surface area contributed by atoms with Crippen LogP contribution in [0.25, 0.3) is 21.7 Å². The Bertz CT molecular complexity index is 1140. The van der Waals surface area contributed by atoms with Crippen LogP contribution in [0.4, 0.5) is 11.5 Å². The number of carbonyl (C=O) groups excluding carboxylic acids is 1. The summed E-state index contributed by atoms with van der Waals surface area (Å²) in [5.41, 5.74) is 1.77. The summed E-state index contributed by atoms with van der Waals surface area (Å²) in [4.78, 5) is 21.1. The number of rotatable bonds is 3. The molecule has 0 aliphatic rings. The van der Waals surface area contributed by atoms with Crippen LogP contribution in [0.15, 0.2) is 60.9 Å². The molecule has 4 aromatic rings. The van der Waals surface area contributed by atoms with Gasteiger partial charge in [-0.3, -0.25) is 4.98 Å². The van der Waals surface area contributed by atoms with Crippen LogP contribution in [0.1, 0.15) is 10.4 Å². The summed E-state index contributed by atoms with van der Waals surface area (Å²) in [6, 6.07) is 14.7. The van der Waals surface area contributed by atoms with E-state index in [0.717, 1.165) is 21.8 Å². The number of nitrogens with one attached hydrogen (secondary N) is 1. The molecule has 0 spiro atoms. The lowest BCUT2D eigenvalue weighted by Crippen LogP contribution is -2.04. The monoisotopic (exact) mass is 363 g/mol. The van der Waals surface area contributed by atoms with Crippen LogP contribution >= 0.6 is 11.6 Å². The van der Waals surface area contributed by atoms with E-state index in [-0.39, 0.29) is 0 Å². The molecule has 0 saturated heterocycles. The van der Waals surface area contributed by atoms with Gasteiger partial charge in [-0.15, -0.1) is 0 Å². The molecule has 2 aromatic carbocycles. The number of benzene rings is 2. The maximum absolute atomic E-state index is 12.2. The summed E-state index contributed by atoms with van der Waals surface area (Å²) in [7, 11) is 1.36. The highest BCUT2D eigenvalue weighted by atomic mass is 35.5. The van der Waals surface area contributed by atoms with Gasteiger partial charge >= 0.3 is 5.97 Å². The fourth-order valence-corrected chi connectivity index (χ4v) is 3.13. The predicted molar refractivity (Wildman–Crippen MR) is 103 cm³/mol. The zero-order valence-electron chi connectivity index (χ0n) is 13.9. The van der Waals surface area contributed by atoms with Gasteiger partial charge in [0, 0.05) is 39.3 Å². The summed E-state index contributed by atoms with van der Waals surface area (Å²) < 4.78 is 4.90. The Hall–Kier alpha value is -3.18. The normalized spacial score (nSPS) is 10.8. The SMILES string of the molecule is COC(=O)c1cccc2c1nc(Nc1cccc(Cl)c1)c1ccncc12. The van der Waals surface area contributed by atoms with Gasteiger partial charge in [-0.1, -0.05) is 29.8 Å². The van der Waals surface area contributed by atoms with E-state index in [2.05, 4.69) is 10.3 Å². The van der Waals surface area contributed by atoms with Crippen molar-refractivity contribution in [2.75, 3.05) is 12.4 Å². The van der Waals surface area contributed by atoms with E-state index in [9.17, 15) is 4.79 Å². The van der Waals surface area contributed by atoms with Crippen LogP contribution in [-0.2, 0) is 4.74 Å². The lowest BCUT2D eigenvalue weighted by molar-refractivity contribution is 0.0603. The molecule has 26 heavy (non-hydrogen) atoms. The highest BCUT2D eigenvalue weighted by Crippen LogP contribution is 2.32. The van der Waals surface area contributed by atoms with Crippen molar-refractivity contribution in [2.45, 2.75) is 0 Å². The molecule has 0 atom stereocenters. The topological polar surface area (TPSA) is 64.1 Å². The number of hydrogen-bond donors (Lipinski definition) is 1. The zero-order chi connectivity index (χ0) is 18.1. The molecule has 0 aliphatic carbocycles. The first kappa shape index (κ1) is 16.3. The number of fused-ring (bicyclic) bond motifs is 3. The Morgan fingerprint density at radius 3 is 2.73 bits per heavy atom. The van der Waals surface area contributed by atoms with E-state index in [0.29, 0.717) is 21.9 Å². The fraction of sp³-hybridized carbons (Fsp3) is 0.0500. The molecule has 2 aromatic heterocycles. The van der Waals surface area contributed by atoms with E-state index in [4.69, 9.17) is 21.3 Å². The van der Waals surface area contributed by atoms with Gasteiger partial charge in [0.1, 0.15) is 5.82 Å². The standard InChI is InChI=1S/C20H14ClN3O2/c1-26-20(25)16-7-3-6-14-17-11-22-9-8-15(17)19(24-18(14)16)23-13-5-2-4-12(21)10-13/h2-11H,1H3,(H,23,24). The average Bonchev–Trinajstić information content (AvgIpc) is 2.67. The summed E-state index contributed by atoms with van der Waals surface area (Å²) in [6.45, 7) is 0. The molecule has 0 unspecified atom stereocenters. The number of carbonyl (C=O) groups is 1. The third kappa shape index (κ3) is 2.82. The van der Waals surface area contributed by atoms with Crippen LogP contribution < -0.4 is 5.32 Å². The average molecular weight is 364 g/mol. The molecule has 0 aliphatic heterocycles. The molecular weight excluding hydrogens is 350 g/mol. The Morgan fingerprint density at radius 1 is 1.08 bits per heavy atom. The third-order valence-electron chi connectivity index (χ3n) is 4.12. The Morgan fingerprint density at radius 2 is 1.92 bits per heavy atom. The molecule has 0 saturated carbocycles. The Labute approximate surface area is 154 Å². The van der Waals surface area contributed by atoms with Gasteiger partial charge in [-0.2, -0.15) is 0 Å². The van der Waals surface area contributed by atoms with Crippen molar-refractivity contribution in [3.63, 3.8) is 0 Å². The number of hydrogen-bond acceptors (Lipinski definition) is 5. The first-order valence-electron chi connectivity index (χ1n) is 7.95. The maximum atomic E-state index is 12.2. The van der Waals surface area contributed by atoms with Crippen molar-refractivity contribution in [1.29, 1.82) is 0 Å². The molecule has 0 radical (unpaired) electrons. The van der Waals surface area contributed by atoms with Crippen LogP contribution in [0.3, 0.4) is 0 Å². The lowest BCUT2D eigenvalue weighted by atomic mass is 10.0. The second kappa shape index (κ2) is 6.61. The van der Waals surface area contributed by atoms with E-state index in [1.165, 1.54) is 7.11 Å². The number of esters is 1. The third-order valence-corrected chi connectivity index (χ3v) is 4.35. The minimum Gasteiger partial charge on any atom is -0.465 e. The van der Waals surface area contributed by atoms with Crippen molar-refractivity contribution < 1.29 is 9.53 Å². The summed E-state index contributed by atoms with van der Waals surface area (Å²) >= 11 is 6.08. The largest absolute Gasteiger partial charge is 0.465 e. The van der Waals surface area contributed by atoms with Crippen molar-refractivity contribution in [3.8, 4) is 0 Å². The number of nitrogens with zero attached hydrogens (tertiary/aromatic N) is 2. The molecule has 0 bridgehead atoms.